The number of carbonyl (C=O) groups excluding carboxylic acids is 1. The van der Waals surface area contributed by atoms with Crippen molar-refractivity contribution in [3.63, 3.8) is 0 Å². The molecule has 0 spiro atoms. The molecule has 2 N–H and O–H groups in total. The minimum Gasteiger partial charge on any atom is -0.320 e. The molecule has 18 heavy (non-hydrogen) atoms. The van der Waals surface area contributed by atoms with Gasteiger partial charge in [-0.15, -0.1) is 0 Å². The zero-order valence-electron chi connectivity index (χ0n) is 11.0. The van der Waals surface area contributed by atoms with Gasteiger partial charge in [0.05, 0.1) is 12.1 Å². The molecule has 1 aromatic carbocycles. The van der Waals surface area contributed by atoms with Gasteiger partial charge in [0.2, 0.25) is 0 Å². The van der Waals surface area contributed by atoms with Crippen molar-refractivity contribution >= 4 is 6.29 Å². The van der Waals surface area contributed by atoms with E-state index >= 15 is 0 Å². The molecule has 0 amide bonds. The van der Waals surface area contributed by atoms with Crippen molar-refractivity contribution in [3.05, 3.63) is 35.4 Å². The van der Waals surface area contributed by atoms with E-state index in [2.05, 4.69) is 36.1 Å². The Kier molecular flexibility index (Phi) is 4.50. The third-order valence-electron chi connectivity index (χ3n) is 3.72. The predicted octanol–water partition coefficient (Wildman–Crippen LogP) is 2.05. The minimum absolute atomic E-state index is 0.0309. The molecule has 0 bridgehead atoms. The van der Waals surface area contributed by atoms with Crippen molar-refractivity contribution in [2.24, 2.45) is 5.73 Å². The van der Waals surface area contributed by atoms with Crippen LogP contribution in [0.1, 0.15) is 36.4 Å². The van der Waals surface area contributed by atoms with E-state index in [4.69, 9.17) is 5.73 Å². The zero-order valence-corrected chi connectivity index (χ0v) is 11.0. The van der Waals surface area contributed by atoms with Gasteiger partial charge in [0, 0.05) is 0 Å². The van der Waals surface area contributed by atoms with Crippen LogP contribution in [0.2, 0.25) is 0 Å². The fourth-order valence-corrected chi connectivity index (χ4v) is 2.71. The number of nitrogens with zero attached hydrogens (tertiary/aromatic N) is 1. The fraction of sp³-hybridized carbons (Fsp3) is 0.533. The lowest BCUT2D eigenvalue weighted by Crippen LogP contribution is -2.44. The van der Waals surface area contributed by atoms with Gasteiger partial charge in [-0.2, -0.15) is 0 Å². The van der Waals surface area contributed by atoms with Crippen LogP contribution in [-0.2, 0) is 4.79 Å². The van der Waals surface area contributed by atoms with E-state index in [1.165, 1.54) is 24.8 Å². The quantitative estimate of drug-likeness (QED) is 0.827. The molecule has 3 nitrogen and oxygen atoms in total. The maximum atomic E-state index is 11.1. The first kappa shape index (κ1) is 13.2. The molecule has 1 aliphatic rings. The molecule has 0 aliphatic carbocycles. The van der Waals surface area contributed by atoms with Gasteiger partial charge in [0.1, 0.15) is 6.29 Å². The minimum atomic E-state index is -0.439. The smallest absolute Gasteiger partial charge is 0.138 e. The predicted molar refractivity (Wildman–Crippen MR) is 73.4 cm³/mol. The topological polar surface area (TPSA) is 46.3 Å². The SMILES string of the molecule is Cc1ccc(C(C(N)C=O)N2CCCCC2)cc1. The van der Waals surface area contributed by atoms with Crippen LogP contribution >= 0.6 is 0 Å². The number of piperidine rings is 1. The van der Waals surface area contributed by atoms with Gasteiger partial charge in [-0.05, 0) is 38.4 Å². The largest absolute Gasteiger partial charge is 0.320 e. The number of nitrogens with two attached hydrogens (primary N) is 1. The number of aldehydes is 1. The van der Waals surface area contributed by atoms with Crippen LogP contribution < -0.4 is 5.73 Å². The summed E-state index contributed by atoms with van der Waals surface area (Å²) in [4.78, 5) is 13.4. The van der Waals surface area contributed by atoms with Gasteiger partial charge < -0.3 is 10.5 Å². The van der Waals surface area contributed by atoms with E-state index in [0.29, 0.717) is 0 Å². The average Bonchev–Trinajstić information content (AvgIpc) is 2.42. The second kappa shape index (κ2) is 6.12. The molecule has 1 heterocycles. The molecule has 1 aliphatic heterocycles. The van der Waals surface area contributed by atoms with E-state index in [9.17, 15) is 4.79 Å². The molecule has 0 saturated carbocycles. The summed E-state index contributed by atoms with van der Waals surface area (Å²) in [6.07, 6.45) is 4.56. The Morgan fingerprint density at radius 2 is 1.78 bits per heavy atom. The number of benzene rings is 1. The van der Waals surface area contributed by atoms with Crippen LogP contribution in [0, 0.1) is 6.92 Å². The van der Waals surface area contributed by atoms with Gasteiger partial charge >= 0.3 is 0 Å². The second-order valence-corrected chi connectivity index (χ2v) is 5.17. The van der Waals surface area contributed by atoms with Crippen molar-refractivity contribution < 1.29 is 4.79 Å². The third kappa shape index (κ3) is 2.98. The van der Waals surface area contributed by atoms with Gasteiger partial charge in [-0.3, -0.25) is 4.90 Å². The van der Waals surface area contributed by atoms with Gasteiger partial charge in [0.15, 0.2) is 0 Å². The van der Waals surface area contributed by atoms with Crippen molar-refractivity contribution in [3.8, 4) is 0 Å². The number of carbonyl (C=O) groups is 1. The highest BCUT2D eigenvalue weighted by Gasteiger charge is 2.27. The highest BCUT2D eigenvalue weighted by Crippen LogP contribution is 2.26. The Hall–Kier alpha value is -1.19. The van der Waals surface area contributed by atoms with E-state index < -0.39 is 6.04 Å². The summed E-state index contributed by atoms with van der Waals surface area (Å²) in [5.74, 6) is 0. The standard InChI is InChI=1S/C15H22N2O/c1-12-5-7-13(8-6-12)15(14(16)11-18)17-9-3-2-4-10-17/h5-8,11,14-15H,2-4,9-10,16H2,1H3. The maximum Gasteiger partial charge on any atom is 0.138 e. The average molecular weight is 246 g/mol. The van der Waals surface area contributed by atoms with Crippen molar-refractivity contribution in [2.75, 3.05) is 13.1 Å². The highest BCUT2D eigenvalue weighted by atomic mass is 16.1. The monoisotopic (exact) mass is 246 g/mol. The van der Waals surface area contributed by atoms with Crippen LogP contribution in [0.25, 0.3) is 0 Å². The lowest BCUT2D eigenvalue weighted by atomic mass is 9.96. The normalized spacial score (nSPS) is 20.3. The number of hydrogen-bond donors (Lipinski definition) is 1. The molecular weight excluding hydrogens is 224 g/mol. The number of rotatable bonds is 4. The van der Waals surface area contributed by atoms with Gasteiger partial charge in [0.25, 0.3) is 0 Å². The van der Waals surface area contributed by atoms with Crippen molar-refractivity contribution in [1.82, 2.24) is 4.90 Å². The first-order valence-corrected chi connectivity index (χ1v) is 6.74. The lowest BCUT2D eigenvalue weighted by molar-refractivity contribution is -0.110. The van der Waals surface area contributed by atoms with Crippen molar-refractivity contribution in [1.29, 1.82) is 0 Å². The molecule has 3 heteroatoms. The molecule has 2 atom stereocenters. The summed E-state index contributed by atoms with van der Waals surface area (Å²) in [7, 11) is 0. The second-order valence-electron chi connectivity index (χ2n) is 5.17. The first-order valence-electron chi connectivity index (χ1n) is 6.74. The molecule has 0 radical (unpaired) electrons. The van der Waals surface area contributed by atoms with Crippen LogP contribution in [-0.4, -0.2) is 30.3 Å². The van der Waals surface area contributed by atoms with Gasteiger partial charge in [-0.25, -0.2) is 0 Å². The summed E-state index contributed by atoms with van der Waals surface area (Å²) in [5.41, 5.74) is 8.40. The van der Waals surface area contributed by atoms with E-state index in [1.807, 2.05) is 0 Å². The summed E-state index contributed by atoms with van der Waals surface area (Å²) in [5, 5.41) is 0. The Morgan fingerprint density at radius 1 is 1.17 bits per heavy atom. The zero-order chi connectivity index (χ0) is 13.0. The molecular formula is C15H22N2O. The summed E-state index contributed by atoms with van der Waals surface area (Å²) in [6, 6.07) is 7.96. The summed E-state index contributed by atoms with van der Waals surface area (Å²) in [6.45, 7) is 4.15. The van der Waals surface area contributed by atoms with Crippen molar-refractivity contribution in [2.45, 2.75) is 38.3 Å². The number of likely N-dealkylation sites (tertiary alicyclic amines) is 1. The summed E-state index contributed by atoms with van der Waals surface area (Å²) >= 11 is 0. The van der Waals surface area contributed by atoms with E-state index in [1.54, 1.807) is 0 Å². The maximum absolute atomic E-state index is 11.1. The van der Waals surface area contributed by atoms with Gasteiger partial charge in [-0.1, -0.05) is 36.2 Å². The third-order valence-corrected chi connectivity index (χ3v) is 3.72. The Bertz CT molecular complexity index is 382. The number of aryl methyl sites for hydroxylation is 1. The molecule has 1 fully saturated rings. The molecule has 1 saturated heterocycles. The Labute approximate surface area is 109 Å². The lowest BCUT2D eigenvalue weighted by Gasteiger charge is -2.36. The van der Waals surface area contributed by atoms with Crippen LogP contribution in [0.15, 0.2) is 24.3 Å². The molecule has 2 unspecified atom stereocenters. The molecule has 98 valence electrons. The summed E-state index contributed by atoms with van der Waals surface area (Å²) < 4.78 is 0. The van der Waals surface area contributed by atoms with E-state index in [-0.39, 0.29) is 6.04 Å². The van der Waals surface area contributed by atoms with Crippen LogP contribution in [0.4, 0.5) is 0 Å². The highest BCUT2D eigenvalue weighted by molar-refractivity contribution is 5.59. The van der Waals surface area contributed by atoms with Crippen LogP contribution in [0.5, 0.6) is 0 Å². The van der Waals surface area contributed by atoms with Crippen LogP contribution in [0.3, 0.4) is 0 Å². The molecule has 1 aromatic rings. The first-order chi connectivity index (χ1) is 8.72. The fourth-order valence-electron chi connectivity index (χ4n) is 2.71. The Balaban J connectivity index is 2.23. The number of hydrogen-bond acceptors (Lipinski definition) is 3. The molecule has 2 rings (SSSR count). The van der Waals surface area contributed by atoms with E-state index in [0.717, 1.165) is 24.9 Å². The molecule has 0 aromatic heterocycles. The Morgan fingerprint density at radius 3 is 2.33 bits per heavy atom.